The first-order chi connectivity index (χ1) is 13.5. The molecule has 0 spiro atoms. The van der Waals surface area contributed by atoms with Crippen molar-refractivity contribution in [3.63, 3.8) is 0 Å². The number of hydrogen-bond acceptors (Lipinski definition) is 0. The van der Waals surface area contributed by atoms with E-state index >= 15 is 0 Å². The normalized spacial score (nSPS) is 19.1. The predicted octanol–water partition coefficient (Wildman–Crippen LogP) is 7.02. The van der Waals surface area contributed by atoms with E-state index < -0.39 is 11.6 Å². The van der Waals surface area contributed by atoms with Gasteiger partial charge in [-0.1, -0.05) is 55.0 Å². The summed E-state index contributed by atoms with van der Waals surface area (Å²) in [5, 5.41) is 0. The minimum absolute atomic E-state index is 0.0682. The smallest absolute Gasteiger partial charge is 0.142 e. The van der Waals surface area contributed by atoms with Crippen molar-refractivity contribution in [2.75, 3.05) is 0 Å². The second-order valence-electron chi connectivity index (χ2n) is 8.20. The number of rotatable bonds is 5. The van der Waals surface area contributed by atoms with Gasteiger partial charge in [-0.3, -0.25) is 0 Å². The molecule has 0 aromatic heterocycles. The van der Waals surface area contributed by atoms with Crippen LogP contribution in [0.2, 0.25) is 0 Å². The van der Waals surface area contributed by atoms with Crippen LogP contribution in [0.25, 0.3) is 0 Å². The summed E-state index contributed by atoms with van der Waals surface area (Å²) in [4.78, 5) is 0. The topological polar surface area (TPSA) is 0 Å². The molecule has 0 amide bonds. The van der Waals surface area contributed by atoms with Gasteiger partial charge in [0.1, 0.15) is 11.6 Å². The molecule has 1 aliphatic carbocycles. The van der Waals surface area contributed by atoms with E-state index in [9.17, 15) is 8.78 Å². The van der Waals surface area contributed by atoms with Gasteiger partial charge >= 0.3 is 0 Å². The lowest BCUT2D eigenvalue weighted by Gasteiger charge is -2.25. The quantitative estimate of drug-likeness (QED) is 0.489. The number of hydrogen-bond donors (Lipinski definition) is 0. The van der Waals surface area contributed by atoms with Crippen LogP contribution in [0.4, 0.5) is 8.78 Å². The highest BCUT2D eigenvalue weighted by atomic mass is 19.1. The van der Waals surface area contributed by atoms with E-state index in [1.807, 2.05) is 6.92 Å². The summed E-state index contributed by atoms with van der Waals surface area (Å²) < 4.78 is 28.4. The Kier molecular flexibility index (Phi) is 7.26. The fraction of sp³-hybridized carbons (Fsp3) is 0.462. The summed E-state index contributed by atoms with van der Waals surface area (Å²) in [7, 11) is 0. The fourth-order valence-electron chi connectivity index (χ4n) is 4.07. The van der Waals surface area contributed by atoms with Crippen molar-refractivity contribution >= 4 is 0 Å². The zero-order chi connectivity index (χ0) is 19.9. The van der Waals surface area contributed by atoms with Crippen LogP contribution in [0.5, 0.6) is 0 Å². The minimum Gasteiger partial charge on any atom is -0.206 e. The molecule has 148 valence electrons. The van der Waals surface area contributed by atoms with E-state index in [0.29, 0.717) is 12.0 Å². The molecule has 2 heteroatoms. The molecule has 2 aromatic carbocycles. The van der Waals surface area contributed by atoms with Gasteiger partial charge in [0, 0.05) is 5.92 Å². The van der Waals surface area contributed by atoms with Crippen molar-refractivity contribution in [1.29, 1.82) is 0 Å². The van der Waals surface area contributed by atoms with Gasteiger partial charge in [-0.2, -0.15) is 0 Å². The lowest BCUT2D eigenvalue weighted by molar-refractivity contribution is 0.302. The van der Waals surface area contributed by atoms with Gasteiger partial charge in [-0.25, -0.2) is 8.78 Å². The van der Waals surface area contributed by atoms with E-state index in [0.717, 1.165) is 44.4 Å². The van der Waals surface area contributed by atoms with Crippen molar-refractivity contribution in [1.82, 2.24) is 0 Å². The summed E-state index contributed by atoms with van der Waals surface area (Å²) in [5.41, 5.74) is 3.35. The Hall–Kier alpha value is -2.14. The minimum atomic E-state index is -0.525. The molecule has 0 heterocycles. The molecule has 3 rings (SSSR count). The van der Waals surface area contributed by atoms with Crippen LogP contribution in [0, 0.1) is 42.2 Å². The lowest BCUT2D eigenvalue weighted by atomic mass is 9.79. The first-order valence-electron chi connectivity index (χ1n) is 10.6. The van der Waals surface area contributed by atoms with Crippen LogP contribution in [-0.2, 0) is 12.8 Å². The maximum Gasteiger partial charge on any atom is 0.142 e. The Labute approximate surface area is 168 Å². The summed E-state index contributed by atoms with van der Waals surface area (Å²) in [5.74, 6) is 5.88. The molecule has 1 saturated carbocycles. The van der Waals surface area contributed by atoms with Crippen LogP contribution in [0.1, 0.15) is 67.7 Å². The van der Waals surface area contributed by atoms with Gasteiger partial charge in [-0.05, 0) is 81.0 Å². The highest BCUT2D eigenvalue weighted by Gasteiger charge is 2.20. The molecule has 1 aliphatic rings. The molecule has 2 aromatic rings. The molecule has 0 unspecified atom stereocenters. The molecule has 0 aliphatic heterocycles. The average molecular weight is 381 g/mol. The molecular weight excluding hydrogens is 350 g/mol. The zero-order valence-electron chi connectivity index (χ0n) is 17.0. The molecule has 0 saturated heterocycles. The van der Waals surface area contributed by atoms with Crippen molar-refractivity contribution in [3.8, 4) is 11.8 Å². The van der Waals surface area contributed by atoms with Gasteiger partial charge in [0.05, 0.1) is 5.56 Å². The first kappa shape index (κ1) is 20.6. The monoisotopic (exact) mass is 380 g/mol. The van der Waals surface area contributed by atoms with Gasteiger partial charge < -0.3 is 0 Å². The average Bonchev–Trinajstić information content (AvgIpc) is 2.68. The van der Waals surface area contributed by atoms with Gasteiger partial charge in [0.2, 0.25) is 0 Å². The van der Waals surface area contributed by atoms with Gasteiger partial charge in [0.25, 0.3) is 0 Å². The predicted molar refractivity (Wildman–Crippen MR) is 112 cm³/mol. The second-order valence-corrected chi connectivity index (χ2v) is 8.20. The SMILES string of the molecule is CCCc1cc(F)c(C#C[C@H]2CC[C@H](CCc3ccc(C)cc3)CC2)c(F)c1. The largest absolute Gasteiger partial charge is 0.206 e. The second kappa shape index (κ2) is 9.87. The highest BCUT2D eigenvalue weighted by molar-refractivity contribution is 5.39. The number of benzene rings is 2. The van der Waals surface area contributed by atoms with Gasteiger partial charge in [-0.15, -0.1) is 0 Å². The Morgan fingerprint density at radius 1 is 0.893 bits per heavy atom. The van der Waals surface area contributed by atoms with Crippen LogP contribution in [-0.4, -0.2) is 0 Å². The number of aryl methyl sites for hydroxylation is 3. The molecule has 0 N–H and O–H groups in total. The van der Waals surface area contributed by atoms with E-state index in [4.69, 9.17) is 0 Å². The zero-order valence-corrected chi connectivity index (χ0v) is 17.0. The Morgan fingerprint density at radius 3 is 2.14 bits per heavy atom. The van der Waals surface area contributed by atoms with Crippen molar-refractivity contribution < 1.29 is 8.78 Å². The van der Waals surface area contributed by atoms with Crippen molar-refractivity contribution in [3.05, 3.63) is 70.3 Å². The Balaban J connectivity index is 1.51. The molecule has 0 bridgehead atoms. The number of halogens is 2. The summed E-state index contributed by atoms with van der Waals surface area (Å²) in [6, 6.07) is 11.7. The third-order valence-corrected chi connectivity index (χ3v) is 5.85. The fourth-order valence-corrected chi connectivity index (χ4v) is 4.07. The van der Waals surface area contributed by atoms with E-state index in [1.165, 1.54) is 29.7 Å². The van der Waals surface area contributed by atoms with Crippen LogP contribution in [0.3, 0.4) is 0 Å². The maximum atomic E-state index is 14.2. The van der Waals surface area contributed by atoms with Crippen molar-refractivity contribution in [2.45, 2.75) is 65.2 Å². The van der Waals surface area contributed by atoms with Crippen LogP contribution < -0.4 is 0 Å². The third-order valence-electron chi connectivity index (χ3n) is 5.85. The van der Waals surface area contributed by atoms with Crippen LogP contribution in [0.15, 0.2) is 36.4 Å². The maximum absolute atomic E-state index is 14.2. The van der Waals surface area contributed by atoms with E-state index in [2.05, 4.69) is 43.0 Å². The molecule has 1 fully saturated rings. The Morgan fingerprint density at radius 2 is 1.54 bits per heavy atom. The highest BCUT2D eigenvalue weighted by Crippen LogP contribution is 2.31. The lowest BCUT2D eigenvalue weighted by Crippen LogP contribution is -2.14. The molecule has 0 atom stereocenters. The molecule has 28 heavy (non-hydrogen) atoms. The summed E-state index contributed by atoms with van der Waals surface area (Å²) >= 11 is 0. The van der Waals surface area contributed by atoms with Gasteiger partial charge in [0.15, 0.2) is 0 Å². The Bertz CT molecular complexity index is 808. The van der Waals surface area contributed by atoms with E-state index in [-0.39, 0.29) is 11.5 Å². The molecular formula is C26H30F2. The molecule has 0 nitrogen and oxygen atoms in total. The molecule has 0 radical (unpaired) electrons. The third kappa shape index (κ3) is 5.68. The summed E-state index contributed by atoms with van der Waals surface area (Å²) in [6.45, 7) is 4.12. The summed E-state index contributed by atoms with van der Waals surface area (Å²) in [6.07, 6.45) is 8.28. The standard InChI is InChI=1S/C26H30F2/c1-3-4-23-17-25(27)24(26(28)18-23)16-15-22-13-11-21(12-14-22)10-9-20-7-5-19(2)6-8-20/h5-8,17-18,21-22H,3-4,9-14H2,1-2H3/t21-,22-. The van der Waals surface area contributed by atoms with Crippen molar-refractivity contribution in [2.24, 2.45) is 11.8 Å². The van der Waals surface area contributed by atoms with Crippen LogP contribution >= 0.6 is 0 Å². The first-order valence-corrected chi connectivity index (χ1v) is 10.6. The van der Waals surface area contributed by atoms with E-state index in [1.54, 1.807) is 0 Å².